The Hall–Kier alpha value is -0.880. The highest BCUT2D eigenvalue weighted by molar-refractivity contribution is 5.85. The molecule has 0 fully saturated rings. The van der Waals surface area contributed by atoms with Crippen LogP contribution in [0, 0.1) is 0 Å². The summed E-state index contributed by atoms with van der Waals surface area (Å²) in [5.41, 5.74) is 2.19. The summed E-state index contributed by atoms with van der Waals surface area (Å²) in [7, 11) is 0. The maximum atomic E-state index is 4.86. The van der Waals surface area contributed by atoms with E-state index in [2.05, 4.69) is 26.0 Å². The molecule has 46 valence electrons. The van der Waals surface area contributed by atoms with Gasteiger partial charge in [-0.15, -0.1) is 17.5 Å². The number of aromatic nitrogens is 4. The smallest absolute Gasteiger partial charge is 0.277 e. The van der Waals surface area contributed by atoms with E-state index in [1.807, 2.05) is 0 Å². The van der Waals surface area contributed by atoms with E-state index < -0.39 is 0 Å². The van der Waals surface area contributed by atoms with Gasteiger partial charge in [0.15, 0.2) is 0 Å². The summed E-state index contributed by atoms with van der Waals surface area (Å²) in [6, 6.07) is 0. The number of halogens is 1. The molecule has 0 aliphatic heterocycles. The van der Waals surface area contributed by atoms with Gasteiger partial charge in [0.25, 0.3) is 5.95 Å². The molecule has 1 heterocycles. The number of nitrogens with one attached hydrogen (secondary N) is 2. The van der Waals surface area contributed by atoms with Crippen molar-refractivity contribution in [1.82, 2.24) is 20.6 Å². The fourth-order valence-corrected chi connectivity index (χ4v) is 0.223. The van der Waals surface area contributed by atoms with Crippen LogP contribution in [0.5, 0.6) is 0 Å². The van der Waals surface area contributed by atoms with Crippen LogP contribution in [0.3, 0.4) is 0 Å². The van der Waals surface area contributed by atoms with Gasteiger partial charge in [-0.05, 0) is 5.21 Å². The lowest BCUT2D eigenvalue weighted by Crippen LogP contribution is -2.07. The van der Waals surface area contributed by atoms with Crippen LogP contribution in [-0.4, -0.2) is 20.6 Å². The molecule has 0 aliphatic rings. The lowest BCUT2D eigenvalue weighted by Gasteiger charge is -1.80. The Morgan fingerprint density at radius 3 is 2.62 bits per heavy atom. The highest BCUT2D eigenvalue weighted by Crippen LogP contribution is 1.80. The van der Waals surface area contributed by atoms with Gasteiger partial charge in [-0.2, -0.15) is 5.21 Å². The second-order valence-corrected chi connectivity index (χ2v) is 0.880. The molecule has 8 heavy (non-hydrogen) atoms. The van der Waals surface area contributed by atoms with Crippen molar-refractivity contribution in [3.05, 3.63) is 0 Å². The molecule has 6 nitrogen and oxygen atoms in total. The molecule has 1 aromatic heterocycles. The zero-order chi connectivity index (χ0) is 5.11. The van der Waals surface area contributed by atoms with Gasteiger partial charge in [-0.1, -0.05) is 5.10 Å². The summed E-state index contributed by atoms with van der Waals surface area (Å²) >= 11 is 0. The minimum Gasteiger partial charge on any atom is -0.290 e. The predicted octanol–water partition coefficient (Wildman–Crippen LogP) is -1.09. The van der Waals surface area contributed by atoms with Gasteiger partial charge in [-0.25, -0.2) is 5.84 Å². The first kappa shape index (κ1) is 7.12. The second-order valence-electron chi connectivity index (χ2n) is 0.880. The number of nitrogen functional groups attached to an aromatic ring is 1. The summed E-state index contributed by atoms with van der Waals surface area (Å²) in [6.45, 7) is 0. The van der Waals surface area contributed by atoms with E-state index in [1.54, 1.807) is 0 Å². The summed E-state index contributed by atoms with van der Waals surface area (Å²) in [4.78, 5) is 0. The SMILES string of the molecule is Cl.NNc1nn[nH]n1. The summed E-state index contributed by atoms with van der Waals surface area (Å²) < 4.78 is 0. The first-order chi connectivity index (χ1) is 3.43. The van der Waals surface area contributed by atoms with Crippen molar-refractivity contribution >= 4 is 18.4 Å². The van der Waals surface area contributed by atoms with E-state index in [0.29, 0.717) is 5.95 Å². The number of nitrogens with zero attached hydrogens (tertiary/aromatic N) is 3. The number of H-pyrrole nitrogens is 1. The molecule has 0 amide bonds. The van der Waals surface area contributed by atoms with E-state index in [4.69, 9.17) is 5.84 Å². The van der Waals surface area contributed by atoms with Gasteiger partial charge in [0.05, 0.1) is 0 Å². The van der Waals surface area contributed by atoms with Gasteiger partial charge >= 0.3 is 0 Å². The average Bonchev–Trinajstić information content (AvgIpc) is 2.14. The molecule has 0 spiro atoms. The third-order valence-electron chi connectivity index (χ3n) is 0.474. The van der Waals surface area contributed by atoms with Crippen LogP contribution in [0.15, 0.2) is 0 Å². The Labute approximate surface area is 51.2 Å². The summed E-state index contributed by atoms with van der Waals surface area (Å²) in [6.07, 6.45) is 0. The van der Waals surface area contributed by atoms with Crippen molar-refractivity contribution in [1.29, 1.82) is 0 Å². The monoisotopic (exact) mass is 136 g/mol. The standard InChI is InChI=1S/CH4N6.ClH/c2-3-1-4-6-7-5-1;/h2H2,(H2,3,4,5,6,7);1H. The quantitative estimate of drug-likeness (QED) is 0.337. The van der Waals surface area contributed by atoms with Crippen molar-refractivity contribution in [2.45, 2.75) is 0 Å². The number of rotatable bonds is 1. The Bertz CT molecular complexity index is 123. The van der Waals surface area contributed by atoms with Crippen LogP contribution in [-0.2, 0) is 0 Å². The van der Waals surface area contributed by atoms with E-state index in [-0.39, 0.29) is 12.4 Å². The van der Waals surface area contributed by atoms with Crippen molar-refractivity contribution < 1.29 is 0 Å². The van der Waals surface area contributed by atoms with Gasteiger partial charge in [-0.3, -0.25) is 5.43 Å². The molecule has 0 saturated heterocycles. The number of anilines is 1. The molecule has 1 aromatic rings. The Kier molecular flexibility index (Phi) is 2.82. The van der Waals surface area contributed by atoms with Crippen LogP contribution in [0.1, 0.15) is 0 Å². The second kappa shape index (κ2) is 3.16. The zero-order valence-electron chi connectivity index (χ0n) is 3.83. The predicted molar refractivity (Wildman–Crippen MR) is 29.2 cm³/mol. The van der Waals surface area contributed by atoms with Crippen molar-refractivity contribution in [3.63, 3.8) is 0 Å². The number of hydrogen-bond donors (Lipinski definition) is 3. The number of aromatic amines is 1. The van der Waals surface area contributed by atoms with Gasteiger partial charge in [0.2, 0.25) is 0 Å². The van der Waals surface area contributed by atoms with Crippen LogP contribution >= 0.6 is 12.4 Å². The first-order valence-electron chi connectivity index (χ1n) is 1.63. The van der Waals surface area contributed by atoms with Gasteiger partial charge in [0.1, 0.15) is 0 Å². The summed E-state index contributed by atoms with van der Waals surface area (Å²) in [5, 5.41) is 12.3. The number of tetrazole rings is 1. The fraction of sp³-hybridized carbons (Fsp3) is 0. The van der Waals surface area contributed by atoms with Crippen LogP contribution < -0.4 is 11.3 Å². The number of hydrogen-bond acceptors (Lipinski definition) is 5. The lowest BCUT2D eigenvalue weighted by molar-refractivity contribution is 0.881. The average molecular weight is 137 g/mol. The highest BCUT2D eigenvalue weighted by atomic mass is 35.5. The molecule has 4 N–H and O–H groups in total. The van der Waals surface area contributed by atoms with Gasteiger partial charge < -0.3 is 0 Å². The minimum absolute atomic E-state index is 0. The number of hydrazine groups is 1. The maximum absolute atomic E-state index is 4.86. The molecule has 0 saturated carbocycles. The molecule has 1 rings (SSSR count). The van der Waals surface area contributed by atoms with E-state index >= 15 is 0 Å². The lowest BCUT2D eigenvalue weighted by atomic mass is 11.1. The van der Waals surface area contributed by atoms with Crippen LogP contribution in [0.25, 0.3) is 0 Å². The van der Waals surface area contributed by atoms with E-state index in [1.165, 1.54) is 0 Å². The summed E-state index contributed by atoms with van der Waals surface area (Å²) in [5.74, 6) is 5.15. The fourth-order valence-electron chi connectivity index (χ4n) is 0.223. The highest BCUT2D eigenvalue weighted by Gasteiger charge is 1.85. The molecular formula is CH5ClN6. The largest absolute Gasteiger partial charge is 0.290 e. The number of nitrogens with two attached hydrogens (primary N) is 1. The third kappa shape index (κ3) is 1.32. The van der Waals surface area contributed by atoms with Crippen molar-refractivity contribution in [2.24, 2.45) is 5.84 Å². The Balaban J connectivity index is 0.000000490. The molecule has 0 bridgehead atoms. The Morgan fingerprint density at radius 2 is 2.38 bits per heavy atom. The maximum Gasteiger partial charge on any atom is 0.277 e. The molecule has 0 aliphatic carbocycles. The molecule has 0 aromatic carbocycles. The Morgan fingerprint density at radius 1 is 1.62 bits per heavy atom. The third-order valence-corrected chi connectivity index (χ3v) is 0.474. The molecule has 0 atom stereocenters. The minimum atomic E-state index is 0. The molecule has 0 unspecified atom stereocenters. The molecule has 7 heteroatoms. The first-order valence-corrected chi connectivity index (χ1v) is 1.63. The van der Waals surface area contributed by atoms with Gasteiger partial charge in [0, 0.05) is 0 Å². The molecule has 0 radical (unpaired) electrons. The normalized spacial score (nSPS) is 7.62. The van der Waals surface area contributed by atoms with E-state index in [0.717, 1.165) is 0 Å². The van der Waals surface area contributed by atoms with Crippen LogP contribution in [0.4, 0.5) is 5.95 Å². The molecular weight excluding hydrogens is 132 g/mol. The van der Waals surface area contributed by atoms with Crippen LogP contribution in [0.2, 0.25) is 0 Å². The van der Waals surface area contributed by atoms with Crippen molar-refractivity contribution in [3.8, 4) is 0 Å². The van der Waals surface area contributed by atoms with Crippen molar-refractivity contribution in [2.75, 3.05) is 5.43 Å². The zero-order valence-corrected chi connectivity index (χ0v) is 4.64. The van der Waals surface area contributed by atoms with E-state index in [9.17, 15) is 0 Å². The topological polar surface area (TPSA) is 92.5 Å².